The number of H-pyrrole nitrogens is 1. The third-order valence-corrected chi connectivity index (χ3v) is 4.57. The van der Waals surface area contributed by atoms with E-state index in [1.165, 1.54) is 7.11 Å². The zero-order valence-electron chi connectivity index (χ0n) is 13.8. The van der Waals surface area contributed by atoms with Gasteiger partial charge in [0.1, 0.15) is 6.04 Å². The molecule has 0 unspecified atom stereocenters. The lowest BCUT2D eigenvalue weighted by atomic mass is 10.1. The van der Waals surface area contributed by atoms with Crippen LogP contribution in [-0.4, -0.2) is 34.6 Å². The van der Waals surface area contributed by atoms with E-state index >= 15 is 0 Å². The molecule has 1 fully saturated rings. The maximum atomic E-state index is 12.3. The first-order valence-electron chi connectivity index (χ1n) is 8.14. The number of nitrogens with one attached hydrogen (secondary N) is 2. The fourth-order valence-electron chi connectivity index (χ4n) is 3.31. The Balaban J connectivity index is 1.88. The lowest BCUT2D eigenvalue weighted by Gasteiger charge is -2.12. The summed E-state index contributed by atoms with van der Waals surface area (Å²) in [7, 11) is 1.27. The Hall–Kier alpha value is -2.57. The van der Waals surface area contributed by atoms with Gasteiger partial charge in [0, 0.05) is 11.6 Å². The van der Waals surface area contributed by atoms with Crippen molar-refractivity contribution in [2.75, 3.05) is 7.11 Å². The number of benzene rings is 1. The van der Waals surface area contributed by atoms with Crippen LogP contribution in [0.15, 0.2) is 23.0 Å². The Labute approximate surface area is 139 Å². The van der Waals surface area contributed by atoms with Crippen LogP contribution >= 0.6 is 0 Å². The topological polar surface area (TPSA) is 93.2 Å². The van der Waals surface area contributed by atoms with Crippen molar-refractivity contribution in [3.05, 3.63) is 34.2 Å². The lowest BCUT2D eigenvalue weighted by molar-refractivity contribution is -0.142. The number of imidazole rings is 1. The van der Waals surface area contributed by atoms with Crippen molar-refractivity contribution < 1.29 is 14.3 Å². The standard InChI is InChI=1S/C17H21N3O4/c1-10(16(22)24-2)18-15(21)11-7-8-14-13(9-11)19-17(23)20(14)12-5-3-4-6-12/h7-10,12H,3-6H2,1-2H3,(H,18,21)(H,19,23)/t10-/m1/s1. The molecule has 1 heterocycles. The van der Waals surface area contributed by atoms with Crippen LogP contribution in [0.4, 0.5) is 0 Å². The van der Waals surface area contributed by atoms with Crippen LogP contribution in [0.2, 0.25) is 0 Å². The second-order valence-corrected chi connectivity index (χ2v) is 6.19. The van der Waals surface area contributed by atoms with E-state index in [0.29, 0.717) is 11.1 Å². The van der Waals surface area contributed by atoms with Gasteiger partial charge in [-0.2, -0.15) is 0 Å². The second-order valence-electron chi connectivity index (χ2n) is 6.19. The van der Waals surface area contributed by atoms with E-state index in [0.717, 1.165) is 31.2 Å². The molecule has 1 aromatic carbocycles. The summed E-state index contributed by atoms with van der Waals surface area (Å²) in [6.45, 7) is 1.56. The number of esters is 1. The number of amides is 1. The van der Waals surface area contributed by atoms with Crippen molar-refractivity contribution >= 4 is 22.9 Å². The highest BCUT2D eigenvalue weighted by atomic mass is 16.5. The van der Waals surface area contributed by atoms with E-state index in [1.54, 1.807) is 29.7 Å². The van der Waals surface area contributed by atoms with Crippen LogP contribution < -0.4 is 11.0 Å². The highest BCUT2D eigenvalue weighted by Crippen LogP contribution is 2.30. The van der Waals surface area contributed by atoms with Crippen LogP contribution in [0.1, 0.15) is 49.0 Å². The molecule has 0 spiro atoms. The molecule has 1 saturated carbocycles. The third-order valence-electron chi connectivity index (χ3n) is 4.57. The number of carbonyl (C=O) groups excluding carboxylic acids is 2. The van der Waals surface area contributed by atoms with Crippen molar-refractivity contribution in [3.8, 4) is 0 Å². The van der Waals surface area contributed by atoms with Crippen LogP contribution in [-0.2, 0) is 9.53 Å². The molecule has 2 N–H and O–H groups in total. The zero-order valence-corrected chi connectivity index (χ0v) is 13.8. The molecule has 0 saturated heterocycles. The van der Waals surface area contributed by atoms with Gasteiger partial charge >= 0.3 is 11.7 Å². The van der Waals surface area contributed by atoms with Crippen molar-refractivity contribution in [2.24, 2.45) is 0 Å². The molecule has 128 valence electrons. The van der Waals surface area contributed by atoms with Gasteiger partial charge in [-0.1, -0.05) is 12.8 Å². The lowest BCUT2D eigenvalue weighted by Crippen LogP contribution is -2.39. The molecule has 1 aliphatic carbocycles. The summed E-state index contributed by atoms with van der Waals surface area (Å²) in [6.07, 6.45) is 4.28. The maximum Gasteiger partial charge on any atom is 0.328 e. The molecule has 2 aromatic rings. The van der Waals surface area contributed by atoms with E-state index in [4.69, 9.17) is 0 Å². The summed E-state index contributed by atoms with van der Waals surface area (Å²) in [5, 5.41) is 2.58. The molecule has 1 amide bonds. The Kier molecular flexibility index (Phi) is 4.42. The number of rotatable bonds is 4. The molecule has 0 bridgehead atoms. The highest BCUT2D eigenvalue weighted by Gasteiger charge is 2.22. The van der Waals surface area contributed by atoms with Gasteiger partial charge in [-0.3, -0.25) is 9.36 Å². The minimum atomic E-state index is -0.736. The maximum absolute atomic E-state index is 12.3. The minimum Gasteiger partial charge on any atom is -0.467 e. The number of carbonyl (C=O) groups is 2. The predicted octanol–water partition coefficient (Wildman–Crippen LogP) is 1.74. The highest BCUT2D eigenvalue weighted by molar-refractivity contribution is 5.99. The number of hydrogen-bond donors (Lipinski definition) is 2. The first kappa shape index (κ1) is 16.3. The van der Waals surface area contributed by atoms with Gasteiger partial charge in [0.2, 0.25) is 0 Å². The number of aromatic nitrogens is 2. The van der Waals surface area contributed by atoms with E-state index in [1.807, 2.05) is 0 Å². The van der Waals surface area contributed by atoms with E-state index in [9.17, 15) is 14.4 Å². The average Bonchev–Trinajstić information content (AvgIpc) is 3.19. The second kappa shape index (κ2) is 6.51. The van der Waals surface area contributed by atoms with Crippen LogP contribution in [0, 0.1) is 0 Å². The molecule has 3 rings (SSSR count). The van der Waals surface area contributed by atoms with Gasteiger partial charge in [0.15, 0.2) is 0 Å². The van der Waals surface area contributed by atoms with E-state index < -0.39 is 12.0 Å². The quantitative estimate of drug-likeness (QED) is 0.835. The minimum absolute atomic E-state index is 0.141. The van der Waals surface area contributed by atoms with Gasteiger partial charge in [-0.15, -0.1) is 0 Å². The number of ether oxygens (including phenoxy) is 1. The Bertz CT molecular complexity index is 830. The summed E-state index contributed by atoms with van der Waals surface area (Å²) >= 11 is 0. The van der Waals surface area contributed by atoms with Crippen molar-refractivity contribution in [1.82, 2.24) is 14.9 Å². The first-order valence-corrected chi connectivity index (χ1v) is 8.14. The van der Waals surface area contributed by atoms with Crippen LogP contribution in [0.3, 0.4) is 0 Å². The van der Waals surface area contributed by atoms with Crippen LogP contribution in [0.25, 0.3) is 11.0 Å². The Morgan fingerprint density at radius 3 is 2.71 bits per heavy atom. The summed E-state index contributed by atoms with van der Waals surface area (Å²) < 4.78 is 6.38. The molecular weight excluding hydrogens is 310 g/mol. The molecule has 7 heteroatoms. The number of fused-ring (bicyclic) bond motifs is 1. The monoisotopic (exact) mass is 331 g/mol. The fourth-order valence-corrected chi connectivity index (χ4v) is 3.31. The van der Waals surface area contributed by atoms with Crippen LogP contribution in [0.5, 0.6) is 0 Å². The van der Waals surface area contributed by atoms with Gasteiger partial charge in [-0.25, -0.2) is 9.59 Å². The molecule has 24 heavy (non-hydrogen) atoms. The molecule has 7 nitrogen and oxygen atoms in total. The molecule has 1 aliphatic rings. The number of hydrogen-bond acceptors (Lipinski definition) is 4. The third kappa shape index (κ3) is 2.93. The molecule has 0 radical (unpaired) electrons. The van der Waals surface area contributed by atoms with Gasteiger partial charge in [0.25, 0.3) is 5.91 Å². The Morgan fingerprint density at radius 1 is 1.33 bits per heavy atom. The summed E-state index contributed by atoms with van der Waals surface area (Å²) in [6, 6.07) is 4.58. The first-order chi connectivity index (χ1) is 11.5. The molecule has 1 atom stereocenters. The van der Waals surface area contributed by atoms with Gasteiger partial charge < -0.3 is 15.0 Å². The number of methoxy groups -OCH3 is 1. The summed E-state index contributed by atoms with van der Waals surface area (Å²) in [4.78, 5) is 38.7. The predicted molar refractivity (Wildman–Crippen MR) is 89.0 cm³/mol. The summed E-state index contributed by atoms with van der Waals surface area (Å²) in [5.74, 6) is -0.894. The normalized spacial score (nSPS) is 16.2. The van der Waals surface area contributed by atoms with Gasteiger partial charge in [0.05, 0.1) is 18.1 Å². The SMILES string of the molecule is COC(=O)[C@@H](C)NC(=O)c1ccc2c(c1)[nH]c(=O)n2C1CCCC1. The summed E-state index contributed by atoms with van der Waals surface area (Å²) in [5.41, 5.74) is 1.69. The largest absolute Gasteiger partial charge is 0.467 e. The van der Waals surface area contributed by atoms with Crippen molar-refractivity contribution in [2.45, 2.75) is 44.7 Å². The van der Waals surface area contributed by atoms with Crippen molar-refractivity contribution in [3.63, 3.8) is 0 Å². The molecule has 1 aromatic heterocycles. The number of nitrogens with zero attached hydrogens (tertiary/aromatic N) is 1. The van der Waals surface area contributed by atoms with E-state index in [-0.39, 0.29) is 17.6 Å². The van der Waals surface area contributed by atoms with Crippen molar-refractivity contribution in [1.29, 1.82) is 0 Å². The average molecular weight is 331 g/mol. The van der Waals surface area contributed by atoms with Gasteiger partial charge in [-0.05, 0) is 38.0 Å². The zero-order chi connectivity index (χ0) is 17.3. The number of aromatic amines is 1. The smallest absolute Gasteiger partial charge is 0.328 e. The Morgan fingerprint density at radius 2 is 2.04 bits per heavy atom. The molecular formula is C17H21N3O4. The fraction of sp³-hybridized carbons (Fsp3) is 0.471. The van der Waals surface area contributed by atoms with E-state index in [2.05, 4.69) is 15.0 Å². The molecule has 0 aliphatic heterocycles.